The van der Waals surface area contributed by atoms with Crippen LogP contribution in [0, 0.1) is 11.7 Å². The van der Waals surface area contributed by atoms with Gasteiger partial charge in [0.05, 0.1) is 36.6 Å². The summed E-state index contributed by atoms with van der Waals surface area (Å²) in [6.07, 6.45) is 3.46. The van der Waals surface area contributed by atoms with Crippen LogP contribution in [0.15, 0.2) is 18.2 Å². The zero-order valence-electron chi connectivity index (χ0n) is 18.2. The molecular formula is C22H29FN4O4S. The van der Waals surface area contributed by atoms with E-state index in [0.29, 0.717) is 56.6 Å². The van der Waals surface area contributed by atoms with E-state index >= 15 is 0 Å². The van der Waals surface area contributed by atoms with Gasteiger partial charge >= 0.3 is 12.2 Å². The molecule has 8 nitrogen and oxygen atoms in total. The number of hydrogen-bond donors (Lipinski definition) is 1. The highest BCUT2D eigenvalue weighted by atomic mass is 32.1. The average molecular weight is 465 g/mol. The second-order valence-electron chi connectivity index (χ2n) is 8.42. The number of anilines is 2. The molecule has 1 saturated carbocycles. The Balaban J connectivity index is 1.33. The zero-order valence-corrected chi connectivity index (χ0v) is 19.0. The summed E-state index contributed by atoms with van der Waals surface area (Å²) < 4.78 is 25.1. The molecule has 1 aromatic rings. The zero-order chi connectivity index (χ0) is 22.7. The normalized spacial score (nSPS) is 21.6. The van der Waals surface area contributed by atoms with E-state index in [0.717, 1.165) is 17.8 Å². The van der Waals surface area contributed by atoms with Crippen LogP contribution in [0.5, 0.6) is 0 Å². The third-order valence-corrected chi connectivity index (χ3v) is 6.88. The molecule has 0 unspecified atom stereocenters. The van der Waals surface area contributed by atoms with E-state index in [4.69, 9.17) is 21.7 Å². The summed E-state index contributed by atoms with van der Waals surface area (Å²) >= 11 is 5.47. The number of nitrogens with one attached hydrogen (secondary N) is 1. The predicted octanol–water partition coefficient (Wildman–Crippen LogP) is 3.15. The van der Waals surface area contributed by atoms with E-state index in [9.17, 15) is 14.0 Å². The molecular weight excluding hydrogens is 435 g/mol. The van der Waals surface area contributed by atoms with Crippen molar-refractivity contribution in [3.05, 3.63) is 24.0 Å². The van der Waals surface area contributed by atoms with Gasteiger partial charge in [-0.3, -0.25) is 4.90 Å². The molecule has 0 radical (unpaired) electrons. The Bertz CT molecular complexity index is 871. The third kappa shape index (κ3) is 4.90. The summed E-state index contributed by atoms with van der Waals surface area (Å²) in [7, 11) is 1.35. The Morgan fingerprint density at radius 1 is 1.25 bits per heavy atom. The van der Waals surface area contributed by atoms with E-state index in [1.54, 1.807) is 17.0 Å². The van der Waals surface area contributed by atoms with Crippen LogP contribution in [0.25, 0.3) is 0 Å². The van der Waals surface area contributed by atoms with Gasteiger partial charge in [-0.25, -0.2) is 14.0 Å². The van der Waals surface area contributed by atoms with Gasteiger partial charge in [0.2, 0.25) is 0 Å². The minimum Gasteiger partial charge on any atom is -0.453 e. The summed E-state index contributed by atoms with van der Waals surface area (Å²) in [6, 6.07) is 4.76. The van der Waals surface area contributed by atoms with Gasteiger partial charge in [-0.15, -0.1) is 0 Å². The van der Waals surface area contributed by atoms with Gasteiger partial charge in [-0.2, -0.15) is 0 Å². The number of benzene rings is 1. The molecule has 3 aliphatic rings. The van der Waals surface area contributed by atoms with Crippen molar-refractivity contribution in [3.63, 3.8) is 0 Å². The number of amides is 2. The van der Waals surface area contributed by atoms with Crippen LogP contribution >= 0.6 is 12.2 Å². The summed E-state index contributed by atoms with van der Waals surface area (Å²) in [5, 5.41) is 3.25. The maximum Gasteiger partial charge on any atom is 0.414 e. The molecule has 174 valence electrons. The fourth-order valence-electron chi connectivity index (χ4n) is 4.56. The minimum atomic E-state index is -0.484. The van der Waals surface area contributed by atoms with Crippen LogP contribution in [0.3, 0.4) is 0 Å². The number of carbonyl (C=O) groups excluding carboxylic acids is 2. The SMILES string of the molecule is COC(=O)N1CCN(c2ccc(N3C[C@H](CNC(=S)C4CCCC4)OC3=O)cc2F)CC1. The Labute approximate surface area is 192 Å². The molecule has 10 heteroatoms. The third-order valence-electron chi connectivity index (χ3n) is 6.40. The molecule has 1 aliphatic carbocycles. The van der Waals surface area contributed by atoms with Crippen LogP contribution in [0.4, 0.5) is 25.4 Å². The highest BCUT2D eigenvalue weighted by Crippen LogP contribution is 2.29. The van der Waals surface area contributed by atoms with Gasteiger partial charge in [0.15, 0.2) is 0 Å². The molecule has 32 heavy (non-hydrogen) atoms. The van der Waals surface area contributed by atoms with Crippen molar-refractivity contribution in [1.29, 1.82) is 0 Å². The Hall–Kier alpha value is -2.62. The highest BCUT2D eigenvalue weighted by molar-refractivity contribution is 7.80. The molecule has 4 rings (SSSR count). The summed E-state index contributed by atoms with van der Waals surface area (Å²) in [6.45, 7) is 2.74. The first-order valence-electron chi connectivity index (χ1n) is 11.1. The number of nitrogens with zero attached hydrogens (tertiary/aromatic N) is 3. The lowest BCUT2D eigenvalue weighted by molar-refractivity contribution is 0.121. The smallest absolute Gasteiger partial charge is 0.414 e. The molecule has 2 amide bonds. The quantitative estimate of drug-likeness (QED) is 0.671. The lowest BCUT2D eigenvalue weighted by Crippen LogP contribution is -2.49. The molecule has 2 aliphatic heterocycles. The highest BCUT2D eigenvalue weighted by Gasteiger charge is 2.33. The van der Waals surface area contributed by atoms with Gasteiger partial charge in [-0.1, -0.05) is 25.1 Å². The van der Waals surface area contributed by atoms with Gasteiger partial charge in [0, 0.05) is 32.1 Å². The fourth-order valence-corrected chi connectivity index (χ4v) is 4.88. The van der Waals surface area contributed by atoms with Crippen LogP contribution in [0.1, 0.15) is 25.7 Å². The summed E-state index contributed by atoms with van der Waals surface area (Å²) in [5.41, 5.74) is 0.913. The first kappa shape index (κ1) is 22.6. The summed E-state index contributed by atoms with van der Waals surface area (Å²) in [4.78, 5) is 29.8. The number of carbonyl (C=O) groups is 2. The van der Waals surface area contributed by atoms with E-state index in [2.05, 4.69) is 5.32 Å². The van der Waals surface area contributed by atoms with Gasteiger partial charge in [-0.05, 0) is 31.0 Å². The van der Waals surface area contributed by atoms with Crippen molar-refractivity contribution in [2.24, 2.45) is 5.92 Å². The number of cyclic esters (lactones) is 1. The molecule has 1 atom stereocenters. The van der Waals surface area contributed by atoms with Crippen LogP contribution in [0.2, 0.25) is 0 Å². The largest absolute Gasteiger partial charge is 0.453 e. The molecule has 2 heterocycles. The first-order valence-corrected chi connectivity index (χ1v) is 11.5. The predicted molar refractivity (Wildman–Crippen MR) is 123 cm³/mol. The molecule has 1 N–H and O–H groups in total. The van der Waals surface area contributed by atoms with Crippen molar-refractivity contribution in [1.82, 2.24) is 10.2 Å². The maximum absolute atomic E-state index is 14.9. The van der Waals surface area contributed by atoms with E-state index in [1.807, 2.05) is 4.90 Å². The first-order chi connectivity index (χ1) is 15.5. The molecule has 2 saturated heterocycles. The minimum absolute atomic E-state index is 0.337. The monoisotopic (exact) mass is 464 g/mol. The van der Waals surface area contributed by atoms with Crippen molar-refractivity contribution in [3.8, 4) is 0 Å². The van der Waals surface area contributed by atoms with Crippen molar-refractivity contribution in [2.75, 3.05) is 56.2 Å². The average Bonchev–Trinajstić information content (AvgIpc) is 3.47. The van der Waals surface area contributed by atoms with Gasteiger partial charge < -0.3 is 24.6 Å². The molecule has 0 spiro atoms. The number of piperazine rings is 1. The fraction of sp³-hybridized carbons (Fsp3) is 0.591. The number of methoxy groups -OCH3 is 1. The van der Waals surface area contributed by atoms with Gasteiger partial charge in [0.1, 0.15) is 11.9 Å². The Morgan fingerprint density at radius 3 is 2.62 bits per heavy atom. The number of rotatable bonds is 5. The van der Waals surface area contributed by atoms with Crippen LogP contribution in [-0.2, 0) is 9.47 Å². The van der Waals surface area contributed by atoms with Crippen molar-refractivity contribution < 1.29 is 23.5 Å². The van der Waals surface area contributed by atoms with Crippen LogP contribution in [-0.4, -0.2) is 74.6 Å². The van der Waals surface area contributed by atoms with E-state index in [-0.39, 0.29) is 12.2 Å². The molecule has 1 aromatic carbocycles. The maximum atomic E-state index is 14.9. The number of hydrogen-bond acceptors (Lipinski definition) is 6. The standard InChI is InChI=1S/C22H29FN4O4S/c1-30-21(28)26-10-8-25(9-11-26)19-7-6-16(12-18(19)23)27-14-17(31-22(27)29)13-24-20(32)15-4-2-3-5-15/h6-7,12,15,17H,2-5,8-11,13-14H2,1H3,(H,24,32)/t17-/m0/s1. The van der Waals surface area contributed by atoms with Crippen molar-refractivity contribution >= 4 is 40.8 Å². The summed E-state index contributed by atoms with van der Waals surface area (Å²) in [5.74, 6) is 0.0140. The van der Waals surface area contributed by atoms with Gasteiger partial charge in [0.25, 0.3) is 0 Å². The number of ether oxygens (including phenoxy) is 2. The molecule has 0 aromatic heterocycles. The second kappa shape index (κ2) is 9.89. The lowest BCUT2D eigenvalue weighted by atomic mass is 10.1. The second-order valence-corrected chi connectivity index (χ2v) is 8.86. The Kier molecular flexibility index (Phi) is 6.98. The molecule has 0 bridgehead atoms. The number of thiocarbonyl (C=S) groups is 1. The topological polar surface area (TPSA) is 74.3 Å². The molecule has 3 fully saturated rings. The number of halogens is 1. The Morgan fingerprint density at radius 2 is 1.97 bits per heavy atom. The van der Waals surface area contributed by atoms with Crippen molar-refractivity contribution in [2.45, 2.75) is 31.8 Å². The lowest BCUT2D eigenvalue weighted by Gasteiger charge is -2.35. The van der Waals surface area contributed by atoms with E-state index < -0.39 is 11.9 Å². The van der Waals surface area contributed by atoms with Crippen LogP contribution < -0.4 is 15.1 Å². The van der Waals surface area contributed by atoms with E-state index in [1.165, 1.54) is 30.9 Å².